The molecule has 0 spiro atoms. The summed E-state index contributed by atoms with van der Waals surface area (Å²) in [5, 5.41) is 4.20. The SMILES string of the molecule is CCC(C)N1CCO[C@@H](c2cnn(C)c2)C1. The second kappa shape index (κ2) is 4.97. The molecule has 0 aliphatic carbocycles. The highest BCUT2D eigenvalue weighted by Crippen LogP contribution is 2.23. The number of nitrogens with zero attached hydrogens (tertiary/aromatic N) is 3. The van der Waals surface area contributed by atoms with E-state index < -0.39 is 0 Å². The van der Waals surface area contributed by atoms with Crippen LogP contribution in [0.25, 0.3) is 0 Å². The lowest BCUT2D eigenvalue weighted by molar-refractivity contribution is -0.0430. The molecule has 1 saturated heterocycles. The highest BCUT2D eigenvalue weighted by Gasteiger charge is 2.25. The third-order valence-electron chi connectivity index (χ3n) is 3.41. The van der Waals surface area contributed by atoms with Crippen molar-refractivity contribution in [2.75, 3.05) is 19.7 Å². The van der Waals surface area contributed by atoms with Gasteiger partial charge in [0, 0.05) is 37.9 Å². The van der Waals surface area contributed by atoms with E-state index in [4.69, 9.17) is 4.74 Å². The fraction of sp³-hybridized carbons (Fsp3) is 0.750. The van der Waals surface area contributed by atoms with E-state index in [0.29, 0.717) is 6.04 Å². The van der Waals surface area contributed by atoms with Crippen LogP contribution in [-0.2, 0) is 11.8 Å². The Kier molecular flexibility index (Phi) is 3.61. The van der Waals surface area contributed by atoms with Gasteiger partial charge < -0.3 is 4.74 Å². The molecule has 0 N–H and O–H groups in total. The standard InChI is InChI=1S/C12H21N3O/c1-4-10(2)15-5-6-16-12(9-15)11-7-13-14(3)8-11/h7-8,10,12H,4-6,9H2,1-3H3/t10?,12-/m1/s1. The first kappa shape index (κ1) is 11.6. The maximum absolute atomic E-state index is 5.81. The van der Waals surface area contributed by atoms with Gasteiger partial charge in [0.2, 0.25) is 0 Å². The molecule has 1 aromatic heterocycles. The highest BCUT2D eigenvalue weighted by atomic mass is 16.5. The van der Waals surface area contributed by atoms with Gasteiger partial charge in [0.05, 0.1) is 18.9 Å². The Morgan fingerprint density at radius 2 is 2.44 bits per heavy atom. The molecule has 0 aromatic carbocycles. The van der Waals surface area contributed by atoms with Gasteiger partial charge in [-0.3, -0.25) is 9.58 Å². The molecule has 90 valence electrons. The van der Waals surface area contributed by atoms with E-state index in [9.17, 15) is 0 Å². The maximum atomic E-state index is 5.81. The van der Waals surface area contributed by atoms with Gasteiger partial charge in [0.25, 0.3) is 0 Å². The van der Waals surface area contributed by atoms with Gasteiger partial charge in [-0.15, -0.1) is 0 Å². The first-order valence-electron chi connectivity index (χ1n) is 6.05. The van der Waals surface area contributed by atoms with Crippen LogP contribution >= 0.6 is 0 Å². The molecule has 2 heterocycles. The van der Waals surface area contributed by atoms with Gasteiger partial charge in [-0.05, 0) is 13.3 Å². The number of aryl methyl sites for hydroxylation is 1. The van der Waals surface area contributed by atoms with E-state index in [1.807, 2.05) is 24.1 Å². The number of morpholine rings is 1. The normalized spacial score (nSPS) is 24.6. The van der Waals surface area contributed by atoms with E-state index in [0.717, 1.165) is 19.7 Å². The highest BCUT2D eigenvalue weighted by molar-refractivity contribution is 5.09. The van der Waals surface area contributed by atoms with Crippen LogP contribution < -0.4 is 0 Å². The summed E-state index contributed by atoms with van der Waals surface area (Å²) in [6.45, 7) is 7.38. The van der Waals surface area contributed by atoms with Gasteiger partial charge >= 0.3 is 0 Å². The average Bonchev–Trinajstić information content (AvgIpc) is 2.75. The summed E-state index contributed by atoms with van der Waals surface area (Å²) in [7, 11) is 1.94. The van der Waals surface area contributed by atoms with Gasteiger partial charge in [-0.25, -0.2) is 0 Å². The third-order valence-corrected chi connectivity index (χ3v) is 3.41. The molecule has 1 aromatic rings. The van der Waals surface area contributed by atoms with Crippen LogP contribution in [0, 0.1) is 0 Å². The molecule has 0 radical (unpaired) electrons. The zero-order chi connectivity index (χ0) is 11.5. The van der Waals surface area contributed by atoms with Crippen molar-refractivity contribution in [3.05, 3.63) is 18.0 Å². The zero-order valence-corrected chi connectivity index (χ0v) is 10.4. The van der Waals surface area contributed by atoms with Crippen molar-refractivity contribution in [1.29, 1.82) is 0 Å². The lowest BCUT2D eigenvalue weighted by atomic mass is 10.1. The zero-order valence-electron chi connectivity index (χ0n) is 10.4. The van der Waals surface area contributed by atoms with Crippen molar-refractivity contribution in [3.8, 4) is 0 Å². The molecule has 4 heteroatoms. The first-order valence-corrected chi connectivity index (χ1v) is 6.05. The quantitative estimate of drug-likeness (QED) is 0.779. The Hall–Kier alpha value is -0.870. The molecule has 2 atom stereocenters. The molecule has 2 rings (SSSR count). The van der Waals surface area contributed by atoms with Crippen molar-refractivity contribution >= 4 is 0 Å². The van der Waals surface area contributed by atoms with Gasteiger partial charge in [0.15, 0.2) is 0 Å². The van der Waals surface area contributed by atoms with E-state index in [1.54, 1.807) is 0 Å². The Bertz CT molecular complexity index is 337. The number of aromatic nitrogens is 2. The molecule has 1 fully saturated rings. The second-order valence-electron chi connectivity index (χ2n) is 4.56. The van der Waals surface area contributed by atoms with Crippen molar-refractivity contribution in [3.63, 3.8) is 0 Å². The number of hydrogen-bond donors (Lipinski definition) is 0. The minimum Gasteiger partial charge on any atom is -0.371 e. The Morgan fingerprint density at radius 3 is 3.06 bits per heavy atom. The van der Waals surface area contributed by atoms with E-state index >= 15 is 0 Å². The smallest absolute Gasteiger partial charge is 0.0982 e. The summed E-state index contributed by atoms with van der Waals surface area (Å²) in [5.41, 5.74) is 1.19. The number of rotatable bonds is 3. The van der Waals surface area contributed by atoms with Gasteiger partial charge in [-0.2, -0.15) is 5.10 Å². The third kappa shape index (κ3) is 2.44. The van der Waals surface area contributed by atoms with Crippen molar-refractivity contribution in [2.45, 2.75) is 32.4 Å². The molecule has 0 amide bonds. The van der Waals surface area contributed by atoms with Crippen LogP contribution in [0.4, 0.5) is 0 Å². The van der Waals surface area contributed by atoms with E-state index in [-0.39, 0.29) is 6.10 Å². The molecule has 1 aliphatic rings. The molecule has 4 nitrogen and oxygen atoms in total. The van der Waals surface area contributed by atoms with Crippen molar-refractivity contribution in [1.82, 2.24) is 14.7 Å². The van der Waals surface area contributed by atoms with Crippen LogP contribution in [0.5, 0.6) is 0 Å². The van der Waals surface area contributed by atoms with Crippen LogP contribution in [0.1, 0.15) is 31.9 Å². The summed E-state index contributed by atoms with van der Waals surface area (Å²) in [6.07, 6.45) is 5.34. The van der Waals surface area contributed by atoms with Crippen LogP contribution in [0.15, 0.2) is 12.4 Å². The van der Waals surface area contributed by atoms with Crippen LogP contribution in [-0.4, -0.2) is 40.4 Å². The summed E-state index contributed by atoms with van der Waals surface area (Å²) >= 11 is 0. The van der Waals surface area contributed by atoms with E-state index in [1.165, 1.54) is 12.0 Å². The molecule has 0 saturated carbocycles. The van der Waals surface area contributed by atoms with Crippen molar-refractivity contribution < 1.29 is 4.74 Å². The minimum atomic E-state index is 0.191. The predicted molar refractivity (Wildman–Crippen MR) is 63.2 cm³/mol. The number of ether oxygens (including phenoxy) is 1. The molecule has 1 aliphatic heterocycles. The average molecular weight is 223 g/mol. The fourth-order valence-electron chi connectivity index (χ4n) is 2.14. The van der Waals surface area contributed by atoms with Crippen molar-refractivity contribution in [2.24, 2.45) is 7.05 Å². The lowest BCUT2D eigenvalue weighted by Crippen LogP contribution is -2.43. The predicted octanol–water partition coefficient (Wildman–Crippen LogP) is 1.59. The molecular weight excluding hydrogens is 202 g/mol. The monoisotopic (exact) mass is 223 g/mol. The largest absolute Gasteiger partial charge is 0.371 e. The van der Waals surface area contributed by atoms with Crippen LogP contribution in [0.2, 0.25) is 0 Å². The topological polar surface area (TPSA) is 30.3 Å². The molecule has 16 heavy (non-hydrogen) atoms. The first-order chi connectivity index (χ1) is 7.70. The fourth-order valence-corrected chi connectivity index (χ4v) is 2.14. The molecule has 1 unspecified atom stereocenters. The van der Waals surface area contributed by atoms with Crippen LogP contribution in [0.3, 0.4) is 0 Å². The Morgan fingerprint density at radius 1 is 1.62 bits per heavy atom. The summed E-state index contributed by atoms with van der Waals surface area (Å²) in [4.78, 5) is 2.50. The summed E-state index contributed by atoms with van der Waals surface area (Å²) < 4.78 is 7.64. The molecular formula is C12H21N3O. The van der Waals surface area contributed by atoms with E-state index in [2.05, 4.69) is 23.8 Å². The maximum Gasteiger partial charge on any atom is 0.0982 e. The lowest BCUT2D eigenvalue weighted by Gasteiger charge is -2.36. The van der Waals surface area contributed by atoms with Gasteiger partial charge in [-0.1, -0.05) is 6.92 Å². The second-order valence-corrected chi connectivity index (χ2v) is 4.56. The Labute approximate surface area is 97.2 Å². The molecule has 0 bridgehead atoms. The summed E-state index contributed by atoms with van der Waals surface area (Å²) in [6, 6.07) is 0.642. The van der Waals surface area contributed by atoms with Gasteiger partial charge in [0.1, 0.15) is 0 Å². The Balaban J connectivity index is 2.01. The summed E-state index contributed by atoms with van der Waals surface area (Å²) in [5.74, 6) is 0. The number of hydrogen-bond acceptors (Lipinski definition) is 3. The minimum absolute atomic E-state index is 0.191.